The van der Waals surface area contributed by atoms with Gasteiger partial charge in [-0.3, -0.25) is 20.4 Å². The fourth-order valence-electron chi connectivity index (χ4n) is 1.17. The van der Waals surface area contributed by atoms with Gasteiger partial charge in [-0.25, -0.2) is 0 Å². The molecule has 0 aromatic heterocycles. The molecule has 1 atom stereocenters. The normalized spacial score (nSPS) is 21.8. The third-order valence-corrected chi connectivity index (χ3v) is 1.71. The van der Waals surface area contributed by atoms with Crippen molar-refractivity contribution >= 4 is 12.3 Å². The predicted octanol–water partition coefficient (Wildman–Crippen LogP) is -0.667. The van der Waals surface area contributed by atoms with Gasteiger partial charge < -0.3 is 4.74 Å². The number of carbonyl (C=O) groups is 2. The Hall–Kier alpha value is -1.10. The number of nitrogens with one attached hydrogen (secondary N) is 2. The Morgan fingerprint density at radius 3 is 3.08 bits per heavy atom. The van der Waals surface area contributed by atoms with E-state index in [1.165, 1.54) is 0 Å². The quantitative estimate of drug-likeness (QED) is 0.436. The molecule has 12 heavy (non-hydrogen) atoms. The first-order chi connectivity index (χ1) is 5.83. The minimum Gasteiger partial charge on any atom is -0.378 e. The second-order valence-electron chi connectivity index (χ2n) is 2.65. The molecule has 2 amide bonds. The summed E-state index contributed by atoms with van der Waals surface area (Å²) < 4.78 is 5.23. The largest absolute Gasteiger partial charge is 0.378 e. The summed E-state index contributed by atoms with van der Waals surface area (Å²) in [6.45, 7) is 0.735. The number of rotatable bonds is 4. The van der Waals surface area contributed by atoms with Gasteiger partial charge in [0, 0.05) is 6.61 Å². The highest BCUT2D eigenvalue weighted by Crippen LogP contribution is 2.14. The maximum atomic E-state index is 10.9. The maximum absolute atomic E-state index is 10.9. The second kappa shape index (κ2) is 4.71. The number of hydrogen-bond donors (Lipinski definition) is 2. The average Bonchev–Trinajstić information content (AvgIpc) is 2.53. The molecule has 5 nitrogen and oxygen atoms in total. The van der Waals surface area contributed by atoms with E-state index in [-0.39, 0.29) is 12.0 Å². The van der Waals surface area contributed by atoms with Gasteiger partial charge in [0.2, 0.25) is 12.3 Å². The number of hydrogen-bond acceptors (Lipinski definition) is 3. The van der Waals surface area contributed by atoms with Crippen LogP contribution in [0, 0.1) is 0 Å². The molecule has 1 rings (SSSR count). The van der Waals surface area contributed by atoms with E-state index in [9.17, 15) is 9.59 Å². The van der Waals surface area contributed by atoms with Crippen molar-refractivity contribution < 1.29 is 14.3 Å². The predicted molar refractivity (Wildman–Crippen MR) is 40.9 cm³/mol. The summed E-state index contributed by atoms with van der Waals surface area (Å²) in [5.74, 6) is -0.214. The Kier molecular flexibility index (Phi) is 3.53. The van der Waals surface area contributed by atoms with E-state index in [1.807, 2.05) is 0 Å². The van der Waals surface area contributed by atoms with Crippen LogP contribution in [0.3, 0.4) is 0 Å². The highest BCUT2D eigenvalue weighted by Gasteiger charge is 2.18. The van der Waals surface area contributed by atoms with E-state index in [4.69, 9.17) is 4.74 Å². The van der Waals surface area contributed by atoms with Gasteiger partial charge in [0.25, 0.3) is 0 Å². The van der Waals surface area contributed by atoms with Crippen molar-refractivity contribution in [1.82, 2.24) is 10.9 Å². The van der Waals surface area contributed by atoms with Crippen LogP contribution in [0.25, 0.3) is 0 Å². The van der Waals surface area contributed by atoms with Gasteiger partial charge >= 0.3 is 0 Å². The molecule has 1 fully saturated rings. The average molecular weight is 172 g/mol. The SMILES string of the molecule is O=CNNC(=O)CC1CCCO1. The minimum atomic E-state index is -0.214. The molecule has 0 radical (unpaired) electrons. The van der Waals surface area contributed by atoms with Crippen molar-refractivity contribution in [3.63, 3.8) is 0 Å². The third kappa shape index (κ3) is 2.87. The lowest BCUT2D eigenvalue weighted by atomic mass is 10.2. The van der Waals surface area contributed by atoms with Crippen molar-refractivity contribution in [2.24, 2.45) is 0 Å². The first-order valence-corrected chi connectivity index (χ1v) is 3.92. The molecule has 0 saturated carbocycles. The van der Waals surface area contributed by atoms with Crippen molar-refractivity contribution in [3.8, 4) is 0 Å². The molecule has 2 N–H and O–H groups in total. The Morgan fingerprint density at radius 2 is 2.50 bits per heavy atom. The van der Waals surface area contributed by atoms with Gasteiger partial charge in [0.15, 0.2) is 0 Å². The zero-order chi connectivity index (χ0) is 8.81. The summed E-state index contributed by atoms with van der Waals surface area (Å²) in [7, 11) is 0. The molecule has 1 aliphatic heterocycles. The first kappa shape index (κ1) is 8.99. The minimum absolute atomic E-state index is 0.0263. The maximum Gasteiger partial charge on any atom is 0.240 e. The summed E-state index contributed by atoms with van der Waals surface area (Å²) in [6, 6.07) is 0. The van der Waals surface area contributed by atoms with Gasteiger partial charge in [0.1, 0.15) is 0 Å². The van der Waals surface area contributed by atoms with Crippen LogP contribution in [0.5, 0.6) is 0 Å². The van der Waals surface area contributed by atoms with E-state index < -0.39 is 0 Å². The molecule has 0 aromatic carbocycles. The molecule has 0 aromatic rings. The fourth-order valence-corrected chi connectivity index (χ4v) is 1.17. The molecule has 0 spiro atoms. The molecule has 1 saturated heterocycles. The number of carbonyl (C=O) groups excluding carboxylic acids is 2. The number of amides is 2. The van der Waals surface area contributed by atoms with Crippen LogP contribution in [0.1, 0.15) is 19.3 Å². The molecular weight excluding hydrogens is 160 g/mol. The van der Waals surface area contributed by atoms with Crippen LogP contribution in [-0.4, -0.2) is 25.0 Å². The van der Waals surface area contributed by atoms with Gasteiger partial charge in [-0.1, -0.05) is 0 Å². The monoisotopic (exact) mass is 172 g/mol. The highest BCUT2D eigenvalue weighted by atomic mass is 16.5. The van der Waals surface area contributed by atoms with E-state index >= 15 is 0 Å². The van der Waals surface area contributed by atoms with E-state index in [0.29, 0.717) is 12.8 Å². The molecule has 68 valence electrons. The van der Waals surface area contributed by atoms with Crippen LogP contribution >= 0.6 is 0 Å². The first-order valence-electron chi connectivity index (χ1n) is 3.92. The summed E-state index contributed by atoms with van der Waals surface area (Å²) in [6.07, 6.45) is 2.71. The van der Waals surface area contributed by atoms with Crippen molar-refractivity contribution in [3.05, 3.63) is 0 Å². The van der Waals surface area contributed by atoms with Gasteiger partial charge in [-0.05, 0) is 12.8 Å². The van der Waals surface area contributed by atoms with Crippen molar-refractivity contribution in [2.45, 2.75) is 25.4 Å². The molecule has 5 heteroatoms. The summed E-state index contributed by atoms with van der Waals surface area (Å²) in [4.78, 5) is 20.7. The molecule has 1 heterocycles. The highest BCUT2D eigenvalue weighted by molar-refractivity contribution is 5.77. The van der Waals surface area contributed by atoms with Gasteiger partial charge in [-0.15, -0.1) is 0 Å². The van der Waals surface area contributed by atoms with Gasteiger partial charge in [0.05, 0.1) is 12.5 Å². The Bertz CT molecular complexity index is 166. The Balaban J connectivity index is 2.11. The lowest BCUT2D eigenvalue weighted by Crippen LogP contribution is -2.37. The third-order valence-electron chi connectivity index (χ3n) is 1.71. The van der Waals surface area contributed by atoms with Gasteiger partial charge in [-0.2, -0.15) is 0 Å². The summed E-state index contributed by atoms with van der Waals surface area (Å²) >= 11 is 0. The smallest absolute Gasteiger partial charge is 0.240 e. The van der Waals surface area contributed by atoms with Crippen molar-refractivity contribution in [1.29, 1.82) is 0 Å². The molecule has 1 aliphatic rings. The topological polar surface area (TPSA) is 67.4 Å². The molecular formula is C7H12N2O3. The van der Waals surface area contributed by atoms with Crippen LogP contribution in [0.2, 0.25) is 0 Å². The standard InChI is InChI=1S/C7H12N2O3/c10-5-8-9-7(11)4-6-2-1-3-12-6/h5-6H,1-4H2,(H,8,10)(H,9,11). The number of ether oxygens (including phenoxy) is 1. The summed E-state index contributed by atoms with van der Waals surface area (Å²) in [5, 5.41) is 0. The van der Waals surface area contributed by atoms with Crippen molar-refractivity contribution in [2.75, 3.05) is 6.61 Å². The van der Waals surface area contributed by atoms with Crippen LogP contribution < -0.4 is 10.9 Å². The Morgan fingerprint density at radius 1 is 1.67 bits per heavy atom. The summed E-state index contributed by atoms with van der Waals surface area (Å²) in [5.41, 5.74) is 4.31. The van der Waals surface area contributed by atoms with E-state index in [0.717, 1.165) is 19.4 Å². The lowest BCUT2D eigenvalue weighted by Gasteiger charge is -2.07. The van der Waals surface area contributed by atoms with Crippen LogP contribution in [-0.2, 0) is 14.3 Å². The van der Waals surface area contributed by atoms with Crippen LogP contribution in [0.4, 0.5) is 0 Å². The number of hydrazine groups is 1. The Labute approximate surface area is 70.4 Å². The zero-order valence-corrected chi connectivity index (χ0v) is 6.71. The fraction of sp³-hybridized carbons (Fsp3) is 0.714. The van der Waals surface area contributed by atoms with E-state index in [2.05, 4.69) is 10.9 Å². The van der Waals surface area contributed by atoms with E-state index in [1.54, 1.807) is 0 Å². The van der Waals surface area contributed by atoms with Crippen LogP contribution in [0.15, 0.2) is 0 Å². The molecule has 1 unspecified atom stereocenters. The molecule has 0 bridgehead atoms. The second-order valence-corrected chi connectivity index (χ2v) is 2.65. The zero-order valence-electron chi connectivity index (χ0n) is 6.71. The molecule has 0 aliphatic carbocycles. The lowest BCUT2D eigenvalue weighted by molar-refractivity contribution is -0.126.